The highest BCUT2D eigenvalue weighted by Crippen LogP contribution is 2.27. The average molecular weight is 240 g/mol. The Morgan fingerprint density at radius 1 is 1.12 bits per heavy atom. The van der Waals surface area contributed by atoms with Gasteiger partial charge in [-0.25, -0.2) is 0 Å². The molecule has 0 spiro atoms. The summed E-state index contributed by atoms with van der Waals surface area (Å²) in [6.07, 6.45) is 0. The Kier molecular flexibility index (Phi) is 3.98. The third-order valence-electron chi connectivity index (χ3n) is 2.81. The Labute approximate surface area is 102 Å². The van der Waals surface area contributed by atoms with Gasteiger partial charge in [-0.3, -0.25) is 4.79 Å². The molecule has 0 heterocycles. The van der Waals surface area contributed by atoms with Crippen LogP contribution in [0.5, 0.6) is 0 Å². The molecule has 0 aliphatic carbocycles. The second kappa shape index (κ2) is 4.88. The summed E-state index contributed by atoms with van der Waals surface area (Å²) >= 11 is 6.19. The first-order valence-corrected chi connectivity index (χ1v) is 5.71. The van der Waals surface area contributed by atoms with Gasteiger partial charge in [0.15, 0.2) is 0 Å². The van der Waals surface area contributed by atoms with Crippen molar-refractivity contribution in [2.24, 2.45) is 0 Å². The summed E-state index contributed by atoms with van der Waals surface area (Å²) in [4.78, 5) is 13.3. The second-order valence-electron chi connectivity index (χ2n) is 4.39. The first-order valence-electron chi connectivity index (χ1n) is 5.27. The van der Waals surface area contributed by atoms with Crippen LogP contribution in [0.2, 0.25) is 0 Å². The molecule has 1 rings (SSSR count). The van der Waals surface area contributed by atoms with Gasteiger partial charge in [0, 0.05) is 14.1 Å². The first kappa shape index (κ1) is 13.0. The number of nitrogens with zero attached hydrogens (tertiary/aromatic N) is 1. The van der Waals surface area contributed by atoms with Crippen molar-refractivity contribution >= 4 is 17.5 Å². The zero-order chi connectivity index (χ0) is 12.5. The fourth-order valence-electron chi connectivity index (χ4n) is 1.62. The Morgan fingerprint density at radius 2 is 1.62 bits per heavy atom. The highest BCUT2D eigenvalue weighted by Gasteiger charge is 2.21. The molecular weight excluding hydrogens is 222 g/mol. The lowest BCUT2D eigenvalue weighted by Gasteiger charge is -2.18. The van der Waals surface area contributed by atoms with E-state index in [0.717, 1.165) is 16.7 Å². The SMILES string of the molecule is Cc1cc(C)c(C(Cl)C(=O)N(C)C)cc1C. The standard InChI is InChI=1S/C13H18ClNO/c1-8-6-10(3)11(7-9(8)2)12(14)13(16)15(4)5/h6-7,12H,1-5H3. The molecular formula is C13H18ClNO. The summed E-state index contributed by atoms with van der Waals surface area (Å²) in [6.45, 7) is 6.07. The highest BCUT2D eigenvalue weighted by molar-refractivity contribution is 6.30. The minimum Gasteiger partial charge on any atom is -0.347 e. The lowest BCUT2D eigenvalue weighted by molar-refractivity contribution is -0.128. The number of hydrogen-bond acceptors (Lipinski definition) is 1. The minimum atomic E-state index is -0.589. The number of rotatable bonds is 2. The zero-order valence-electron chi connectivity index (χ0n) is 10.5. The van der Waals surface area contributed by atoms with Crippen LogP contribution in [0.15, 0.2) is 12.1 Å². The maximum atomic E-state index is 11.8. The summed E-state index contributed by atoms with van der Waals surface area (Å²) in [5.74, 6) is -0.0759. The van der Waals surface area contributed by atoms with Crippen molar-refractivity contribution in [1.29, 1.82) is 0 Å². The van der Waals surface area contributed by atoms with E-state index in [-0.39, 0.29) is 5.91 Å². The molecule has 1 aromatic rings. The number of halogens is 1. The first-order chi connectivity index (χ1) is 7.34. The molecule has 3 heteroatoms. The van der Waals surface area contributed by atoms with E-state index < -0.39 is 5.38 Å². The second-order valence-corrected chi connectivity index (χ2v) is 4.82. The number of amides is 1. The van der Waals surface area contributed by atoms with Gasteiger partial charge in [0.2, 0.25) is 5.91 Å². The lowest BCUT2D eigenvalue weighted by atomic mass is 9.98. The van der Waals surface area contributed by atoms with E-state index in [1.165, 1.54) is 10.5 Å². The summed E-state index contributed by atoms with van der Waals surface area (Å²) in [5.41, 5.74) is 4.36. The van der Waals surface area contributed by atoms with Crippen molar-refractivity contribution in [3.05, 3.63) is 34.4 Å². The summed E-state index contributed by atoms with van der Waals surface area (Å²) in [5, 5.41) is -0.589. The van der Waals surface area contributed by atoms with Crippen molar-refractivity contribution in [3.8, 4) is 0 Å². The van der Waals surface area contributed by atoms with Gasteiger partial charge >= 0.3 is 0 Å². The van der Waals surface area contributed by atoms with E-state index in [0.29, 0.717) is 0 Å². The molecule has 0 N–H and O–H groups in total. The number of likely N-dealkylation sites (N-methyl/N-ethyl adjacent to an activating group) is 1. The van der Waals surface area contributed by atoms with Gasteiger partial charge in [-0.2, -0.15) is 0 Å². The summed E-state index contributed by atoms with van der Waals surface area (Å²) in [6, 6.07) is 4.08. The minimum absolute atomic E-state index is 0.0759. The normalized spacial score (nSPS) is 12.4. The molecule has 2 nitrogen and oxygen atoms in total. The smallest absolute Gasteiger partial charge is 0.244 e. The van der Waals surface area contributed by atoms with E-state index in [2.05, 4.69) is 13.0 Å². The van der Waals surface area contributed by atoms with Crippen LogP contribution in [-0.4, -0.2) is 24.9 Å². The fraction of sp³-hybridized carbons (Fsp3) is 0.462. The van der Waals surface area contributed by atoms with E-state index in [1.54, 1.807) is 14.1 Å². The van der Waals surface area contributed by atoms with E-state index in [9.17, 15) is 4.79 Å². The van der Waals surface area contributed by atoms with E-state index in [4.69, 9.17) is 11.6 Å². The van der Waals surface area contributed by atoms with Crippen molar-refractivity contribution in [2.75, 3.05) is 14.1 Å². The predicted molar refractivity (Wildman–Crippen MR) is 67.9 cm³/mol. The van der Waals surface area contributed by atoms with Gasteiger partial charge in [-0.15, -0.1) is 11.6 Å². The van der Waals surface area contributed by atoms with Crippen LogP contribution in [0.25, 0.3) is 0 Å². The van der Waals surface area contributed by atoms with Gasteiger partial charge in [-0.1, -0.05) is 12.1 Å². The summed E-state index contributed by atoms with van der Waals surface area (Å²) in [7, 11) is 3.43. The molecule has 88 valence electrons. The van der Waals surface area contributed by atoms with E-state index >= 15 is 0 Å². The number of benzene rings is 1. The van der Waals surface area contributed by atoms with Crippen LogP contribution in [0, 0.1) is 20.8 Å². The van der Waals surface area contributed by atoms with E-state index in [1.807, 2.05) is 19.9 Å². The number of carbonyl (C=O) groups excluding carboxylic acids is 1. The van der Waals surface area contributed by atoms with Crippen molar-refractivity contribution in [1.82, 2.24) is 4.90 Å². The molecule has 0 fully saturated rings. The van der Waals surface area contributed by atoms with Crippen molar-refractivity contribution < 1.29 is 4.79 Å². The Hall–Kier alpha value is -1.02. The maximum absolute atomic E-state index is 11.8. The Bertz CT molecular complexity index is 413. The fourth-order valence-corrected chi connectivity index (χ4v) is 2.05. The largest absolute Gasteiger partial charge is 0.347 e. The average Bonchev–Trinajstić information content (AvgIpc) is 2.21. The molecule has 0 aliphatic heterocycles. The molecule has 0 saturated heterocycles. The molecule has 0 saturated carbocycles. The molecule has 0 aromatic heterocycles. The Balaban J connectivity index is 3.14. The number of alkyl halides is 1. The van der Waals surface area contributed by atoms with Gasteiger partial charge in [0.25, 0.3) is 0 Å². The maximum Gasteiger partial charge on any atom is 0.244 e. The third-order valence-corrected chi connectivity index (χ3v) is 3.23. The van der Waals surface area contributed by atoms with Gasteiger partial charge in [-0.05, 0) is 43.0 Å². The van der Waals surface area contributed by atoms with Crippen LogP contribution in [0.3, 0.4) is 0 Å². The molecule has 0 radical (unpaired) electrons. The lowest BCUT2D eigenvalue weighted by Crippen LogP contribution is -2.26. The number of aryl methyl sites for hydroxylation is 3. The van der Waals surface area contributed by atoms with Crippen LogP contribution in [0.4, 0.5) is 0 Å². The number of carbonyl (C=O) groups is 1. The van der Waals surface area contributed by atoms with Crippen molar-refractivity contribution in [2.45, 2.75) is 26.1 Å². The summed E-state index contributed by atoms with van der Waals surface area (Å²) < 4.78 is 0. The van der Waals surface area contributed by atoms with Crippen molar-refractivity contribution in [3.63, 3.8) is 0 Å². The van der Waals surface area contributed by atoms with Crippen LogP contribution in [0.1, 0.15) is 27.6 Å². The monoisotopic (exact) mass is 239 g/mol. The number of hydrogen-bond donors (Lipinski definition) is 0. The zero-order valence-corrected chi connectivity index (χ0v) is 11.2. The molecule has 1 unspecified atom stereocenters. The predicted octanol–water partition coefficient (Wildman–Crippen LogP) is 2.98. The highest BCUT2D eigenvalue weighted by atomic mass is 35.5. The molecule has 1 amide bonds. The van der Waals surface area contributed by atoms with Gasteiger partial charge in [0.05, 0.1) is 0 Å². The van der Waals surface area contributed by atoms with Crippen LogP contribution < -0.4 is 0 Å². The Morgan fingerprint density at radius 3 is 2.12 bits per heavy atom. The quantitative estimate of drug-likeness (QED) is 0.727. The molecule has 0 bridgehead atoms. The molecule has 1 atom stereocenters. The van der Waals surface area contributed by atoms with Gasteiger partial charge in [0.1, 0.15) is 5.38 Å². The molecule has 16 heavy (non-hydrogen) atoms. The molecule has 1 aromatic carbocycles. The topological polar surface area (TPSA) is 20.3 Å². The van der Waals surface area contributed by atoms with Gasteiger partial charge < -0.3 is 4.90 Å². The third kappa shape index (κ3) is 2.56. The molecule has 0 aliphatic rings. The van der Waals surface area contributed by atoms with Crippen LogP contribution >= 0.6 is 11.6 Å². The van der Waals surface area contributed by atoms with Crippen LogP contribution in [-0.2, 0) is 4.79 Å².